The van der Waals surface area contributed by atoms with E-state index in [1.807, 2.05) is 7.05 Å². The summed E-state index contributed by atoms with van der Waals surface area (Å²) in [4.78, 5) is 29.6. The molecule has 1 aromatic heterocycles. The highest BCUT2D eigenvalue weighted by Crippen LogP contribution is 2.17. The fraction of sp³-hybridized carbons (Fsp3) is 0.762. The Hall–Kier alpha value is -1.67. The molecule has 0 atom stereocenters. The molecule has 2 saturated heterocycles. The van der Waals surface area contributed by atoms with Crippen molar-refractivity contribution in [1.29, 1.82) is 0 Å². The molecular formula is C21H36N6OS. The van der Waals surface area contributed by atoms with Gasteiger partial charge in [0, 0.05) is 64.2 Å². The highest BCUT2D eigenvalue weighted by molar-refractivity contribution is 7.11. The lowest BCUT2D eigenvalue weighted by Crippen LogP contribution is -2.54. The van der Waals surface area contributed by atoms with Gasteiger partial charge in [-0.05, 0) is 26.7 Å². The lowest BCUT2D eigenvalue weighted by atomic mass is 10.2. The van der Waals surface area contributed by atoms with Gasteiger partial charge in [0.1, 0.15) is 0 Å². The molecule has 29 heavy (non-hydrogen) atoms. The Balaban J connectivity index is 1.40. The lowest BCUT2D eigenvalue weighted by Gasteiger charge is -2.37. The van der Waals surface area contributed by atoms with E-state index < -0.39 is 0 Å². The number of piperazine rings is 1. The summed E-state index contributed by atoms with van der Waals surface area (Å²) in [6.45, 7) is 11.1. The van der Waals surface area contributed by atoms with Crippen molar-refractivity contribution in [2.24, 2.45) is 4.99 Å². The molecule has 2 aliphatic heterocycles. The Labute approximate surface area is 179 Å². The standard InChI is InChI=1S/C21H36N6OS/c1-17-19(29-18(2)24-17)8-9-23-21(22-3)27-14-12-25(13-15-27)16-20(28)26-10-6-4-5-7-11-26/h4-16H2,1-3H3,(H,22,23). The van der Waals surface area contributed by atoms with Crippen LogP contribution in [0.4, 0.5) is 0 Å². The molecule has 2 aliphatic rings. The van der Waals surface area contributed by atoms with E-state index in [4.69, 9.17) is 0 Å². The van der Waals surface area contributed by atoms with Gasteiger partial charge in [-0.2, -0.15) is 0 Å². The molecule has 0 spiro atoms. The fourth-order valence-corrected chi connectivity index (χ4v) is 5.09. The number of carbonyl (C=O) groups is 1. The van der Waals surface area contributed by atoms with E-state index in [2.05, 4.69) is 43.8 Å². The SMILES string of the molecule is CN=C(NCCc1sc(C)nc1C)N1CCN(CC(=O)N2CCCCCC2)CC1. The molecule has 0 unspecified atom stereocenters. The normalized spacial score (nSPS) is 19.3. The van der Waals surface area contributed by atoms with Crippen molar-refractivity contribution in [3.63, 3.8) is 0 Å². The van der Waals surface area contributed by atoms with Gasteiger partial charge in [0.15, 0.2) is 5.96 Å². The van der Waals surface area contributed by atoms with E-state index >= 15 is 0 Å². The molecule has 3 rings (SSSR count). The summed E-state index contributed by atoms with van der Waals surface area (Å²) in [6.07, 6.45) is 5.80. The zero-order valence-corrected chi connectivity index (χ0v) is 19.1. The number of hydrogen-bond acceptors (Lipinski definition) is 5. The predicted molar refractivity (Wildman–Crippen MR) is 120 cm³/mol. The third kappa shape index (κ3) is 6.40. The van der Waals surface area contributed by atoms with Crippen molar-refractivity contribution in [2.45, 2.75) is 46.0 Å². The summed E-state index contributed by atoms with van der Waals surface area (Å²) in [7, 11) is 1.85. The number of nitrogens with one attached hydrogen (secondary N) is 1. The molecule has 0 radical (unpaired) electrons. The fourth-order valence-electron chi connectivity index (χ4n) is 4.15. The molecule has 2 fully saturated rings. The monoisotopic (exact) mass is 420 g/mol. The van der Waals surface area contributed by atoms with Crippen LogP contribution in [-0.4, -0.2) is 91.0 Å². The Bertz CT molecular complexity index is 687. The van der Waals surface area contributed by atoms with Crippen molar-refractivity contribution in [1.82, 2.24) is 25.0 Å². The number of aromatic nitrogens is 1. The van der Waals surface area contributed by atoms with Crippen LogP contribution in [0.1, 0.15) is 41.3 Å². The van der Waals surface area contributed by atoms with E-state index in [1.54, 1.807) is 11.3 Å². The minimum Gasteiger partial charge on any atom is -0.356 e. The Morgan fingerprint density at radius 1 is 1.03 bits per heavy atom. The number of amides is 1. The molecule has 162 valence electrons. The van der Waals surface area contributed by atoms with E-state index in [9.17, 15) is 4.79 Å². The van der Waals surface area contributed by atoms with Crippen LogP contribution in [0.25, 0.3) is 0 Å². The van der Waals surface area contributed by atoms with Gasteiger partial charge >= 0.3 is 0 Å². The first kappa shape index (κ1) is 22.0. The molecule has 3 heterocycles. The van der Waals surface area contributed by atoms with E-state index in [0.717, 1.165) is 81.7 Å². The van der Waals surface area contributed by atoms with Gasteiger partial charge in [-0.3, -0.25) is 14.7 Å². The van der Waals surface area contributed by atoms with Gasteiger partial charge in [-0.15, -0.1) is 11.3 Å². The van der Waals surface area contributed by atoms with Crippen LogP contribution >= 0.6 is 11.3 Å². The predicted octanol–water partition coefficient (Wildman–Crippen LogP) is 1.90. The molecule has 8 heteroatoms. The largest absolute Gasteiger partial charge is 0.356 e. The Morgan fingerprint density at radius 3 is 2.31 bits per heavy atom. The summed E-state index contributed by atoms with van der Waals surface area (Å²) in [6, 6.07) is 0. The Morgan fingerprint density at radius 2 is 1.72 bits per heavy atom. The average molecular weight is 421 g/mol. The van der Waals surface area contributed by atoms with Crippen LogP contribution in [0.15, 0.2) is 4.99 Å². The van der Waals surface area contributed by atoms with Gasteiger partial charge in [-0.25, -0.2) is 4.98 Å². The second kappa shape index (κ2) is 10.9. The van der Waals surface area contributed by atoms with E-state index in [1.165, 1.54) is 17.7 Å². The third-order valence-electron chi connectivity index (χ3n) is 5.84. The topological polar surface area (TPSA) is 64.1 Å². The summed E-state index contributed by atoms with van der Waals surface area (Å²) >= 11 is 1.78. The maximum Gasteiger partial charge on any atom is 0.236 e. The first-order chi connectivity index (χ1) is 14.1. The molecular weight excluding hydrogens is 384 g/mol. The second-order valence-electron chi connectivity index (χ2n) is 8.02. The molecule has 1 aromatic rings. The van der Waals surface area contributed by atoms with Crippen LogP contribution in [0.3, 0.4) is 0 Å². The molecule has 1 N–H and O–H groups in total. The first-order valence-electron chi connectivity index (χ1n) is 11.0. The van der Waals surface area contributed by atoms with E-state index in [0.29, 0.717) is 12.5 Å². The zero-order valence-electron chi connectivity index (χ0n) is 18.2. The average Bonchev–Trinajstić information content (AvgIpc) is 2.90. The number of aryl methyl sites for hydroxylation is 2. The van der Waals surface area contributed by atoms with Crippen molar-refractivity contribution >= 4 is 23.2 Å². The number of hydrogen-bond donors (Lipinski definition) is 1. The van der Waals surface area contributed by atoms with Gasteiger partial charge in [-0.1, -0.05) is 12.8 Å². The maximum absolute atomic E-state index is 12.6. The quantitative estimate of drug-likeness (QED) is 0.582. The number of guanidine groups is 1. The van der Waals surface area contributed by atoms with Gasteiger partial charge < -0.3 is 15.1 Å². The maximum atomic E-state index is 12.6. The number of likely N-dealkylation sites (tertiary alicyclic amines) is 1. The highest BCUT2D eigenvalue weighted by Gasteiger charge is 2.23. The molecule has 0 aromatic carbocycles. The zero-order chi connectivity index (χ0) is 20.6. The van der Waals surface area contributed by atoms with Crippen LogP contribution < -0.4 is 5.32 Å². The molecule has 1 amide bonds. The van der Waals surface area contributed by atoms with Crippen molar-refractivity contribution in [2.75, 3.05) is 59.4 Å². The smallest absolute Gasteiger partial charge is 0.236 e. The summed E-state index contributed by atoms with van der Waals surface area (Å²) in [5.41, 5.74) is 1.15. The number of aliphatic imine (C=N–C) groups is 1. The third-order valence-corrected chi connectivity index (χ3v) is 6.97. The molecule has 0 saturated carbocycles. The van der Waals surface area contributed by atoms with E-state index in [-0.39, 0.29) is 0 Å². The molecule has 7 nitrogen and oxygen atoms in total. The summed E-state index contributed by atoms with van der Waals surface area (Å²) in [5, 5.41) is 4.63. The minimum absolute atomic E-state index is 0.304. The summed E-state index contributed by atoms with van der Waals surface area (Å²) < 4.78 is 0. The van der Waals surface area contributed by atoms with Crippen LogP contribution in [0.5, 0.6) is 0 Å². The highest BCUT2D eigenvalue weighted by atomic mass is 32.1. The van der Waals surface area contributed by atoms with Crippen molar-refractivity contribution in [3.05, 3.63) is 15.6 Å². The minimum atomic E-state index is 0.304. The molecule has 0 aliphatic carbocycles. The number of carbonyl (C=O) groups excluding carboxylic acids is 1. The first-order valence-corrected chi connectivity index (χ1v) is 11.8. The van der Waals surface area contributed by atoms with Gasteiger partial charge in [0.2, 0.25) is 5.91 Å². The number of thiazole rings is 1. The Kier molecular flexibility index (Phi) is 8.29. The van der Waals surface area contributed by atoms with Gasteiger partial charge in [0.25, 0.3) is 0 Å². The van der Waals surface area contributed by atoms with Crippen molar-refractivity contribution < 1.29 is 4.79 Å². The molecule has 0 bridgehead atoms. The van der Waals surface area contributed by atoms with Crippen LogP contribution in [0.2, 0.25) is 0 Å². The lowest BCUT2D eigenvalue weighted by molar-refractivity contribution is -0.132. The van der Waals surface area contributed by atoms with Crippen LogP contribution in [-0.2, 0) is 11.2 Å². The number of rotatable bonds is 5. The van der Waals surface area contributed by atoms with Crippen LogP contribution in [0, 0.1) is 13.8 Å². The summed E-state index contributed by atoms with van der Waals surface area (Å²) in [5.74, 6) is 1.26. The van der Waals surface area contributed by atoms with Gasteiger partial charge in [0.05, 0.1) is 17.2 Å². The second-order valence-corrected chi connectivity index (χ2v) is 9.31. The number of nitrogens with zero attached hydrogens (tertiary/aromatic N) is 5. The van der Waals surface area contributed by atoms with Crippen molar-refractivity contribution in [3.8, 4) is 0 Å².